The fraction of sp³-hybridized carbons (Fsp3) is 0.462. The van der Waals surface area contributed by atoms with Crippen molar-refractivity contribution in [3.8, 4) is 0 Å². The summed E-state index contributed by atoms with van der Waals surface area (Å²) in [6.45, 7) is 4.10. The van der Waals surface area contributed by atoms with Crippen LogP contribution in [0.25, 0.3) is 0 Å². The smallest absolute Gasteiger partial charge is 0.178 e. The van der Waals surface area contributed by atoms with Gasteiger partial charge < -0.3 is 5.11 Å². The summed E-state index contributed by atoms with van der Waals surface area (Å²) in [5.74, 6) is -0.0395. The molecular formula is C13H18ClNO2. The van der Waals surface area contributed by atoms with Crippen LogP contribution in [0, 0.1) is 0 Å². The lowest BCUT2D eigenvalue weighted by molar-refractivity contribution is 0.0439. The Labute approximate surface area is 107 Å². The van der Waals surface area contributed by atoms with E-state index < -0.39 is 5.60 Å². The number of benzene rings is 1. The third-order valence-electron chi connectivity index (χ3n) is 2.24. The van der Waals surface area contributed by atoms with E-state index in [4.69, 9.17) is 11.6 Å². The normalized spacial score (nSPS) is 11.9. The van der Waals surface area contributed by atoms with Gasteiger partial charge in [-0.05, 0) is 33.0 Å². The van der Waals surface area contributed by atoms with Crippen molar-refractivity contribution < 1.29 is 9.90 Å². The zero-order chi connectivity index (χ0) is 13.1. The molecule has 0 spiro atoms. The molecule has 17 heavy (non-hydrogen) atoms. The Morgan fingerprint density at radius 3 is 2.53 bits per heavy atom. The number of carbonyl (C=O) groups excluding carboxylic acids is 1. The molecule has 0 saturated heterocycles. The topological polar surface area (TPSA) is 40.5 Å². The first-order valence-corrected chi connectivity index (χ1v) is 5.86. The van der Waals surface area contributed by atoms with Crippen LogP contribution in [0.15, 0.2) is 24.3 Å². The molecule has 1 N–H and O–H groups in total. The number of rotatable bonds is 5. The van der Waals surface area contributed by atoms with Crippen molar-refractivity contribution in [3.63, 3.8) is 0 Å². The molecule has 3 nitrogen and oxygen atoms in total. The highest BCUT2D eigenvalue weighted by atomic mass is 35.5. The zero-order valence-corrected chi connectivity index (χ0v) is 11.2. The highest BCUT2D eigenvalue weighted by Crippen LogP contribution is 2.16. The summed E-state index contributed by atoms with van der Waals surface area (Å²) in [5.41, 5.74) is -0.285. The molecule has 0 bridgehead atoms. The van der Waals surface area contributed by atoms with E-state index in [1.165, 1.54) is 0 Å². The average Bonchev–Trinajstić information content (AvgIpc) is 2.14. The van der Waals surface area contributed by atoms with Gasteiger partial charge >= 0.3 is 0 Å². The van der Waals surface area contributed by atoms with Crippen molar-refractivity contribution in [2.45, 2.75) is 19.4 Å². The van der Waals surface area contributed by atoms with E-state index in [1.54, 1.807) is 50.1 Å². The van der Waals surface area contributed by atoms with Crippen molar-refractivity contribution in [1.82, 2.24) is 4.90 Å². The molecule has 0 amide bonds. The number of Topliss-reactive ketones (excluding diaryl/α,β-unsaturated/α-hetero) is 1. The van der Waals surface area contributed by atoms with Gasteiger partial charge in [-0.1, -0.05) is 23.7 Å². The summed E-state index contributed by atoms with van der Waals surface area (Å²) in [4.78, 5) is 13.7. The largest absolute Gasteiger partial charge is 0.389 e. The molecule has 0 unspecified atom stereocenters. The number of carbonyl (C=O) groups is 1. The van der Waals surface area contributed by atoms with Crippen LogP contribution in [0.5, 0.6) is 0 Å². The second kappa shape index (κ2) is 5.63. The summed E-state index contributed by atoms with van der Waals surface area (Å²) in [7, 11) is 1.80. The number of aliphatic hydroxyl groups is 1. The first-order valence-electron chi connectivity index (χ1n) is 5.48. The van der Waals surface area contributed by atoms with Gasteiger partial charge in [0.25, 0.3) is 0 Å². The predicted molar refractivity (Wildman–Crippen MR) is 69.6 cm³/mol. The van der Waals surface area contributed by atoms with Crippen LogP contribution in [0.2, 0.25) is 5.02 Å². The Morgan fingerprint density at radius 1 is 1.41 bits per heavy atom. The third-order valence-corrected chi connectivity index (χ3v) is 2.57. The van der Waals surface area contributed by atoms with Gasteiger partial charge in [0.2, 0.25) is 0 Å². The van der Waals surface area contributed by atoms with E-state index in [0.717, 1.165) is 0 Å². The molecule has 0 atom stereocenters. The molecule has 1 aromatic rings. The van der Waals surface area contributed by atoms with Gasteiger partial charge in [-0.15, -0.1) is 0 Å². The van der Waals surface area contributed by atoms with Crippen LogP contribution in [0.3, 0.4) is 0 Å². The average molecular weight is 256 g/mol. The lowest BCUT2D eigenvalue weighted by atomic mass is 10.1. The Kier molecular flexibility index (Phi) is 4.69. The third kappa shape index (κ3) is 4.86. The first kappa shape index (κ1) is 14.2. The lowest BCUT2D eigenvalue weighted by Gasteiger charge is -2.24. The maximum absolute atomic E-state index is 12.0. The summed E-state index contributed by atoms with van der Waals surface area (Å²) < 4.78 is 0. The first-order chi connectivity index (χ1) is 7.79. The summed E-state index contributed by atoms with van der Waals surface area (Å²) in [6, 6.07) is 6.99. The van der Waals surface area contributed by atoms with Crippen LogP contribution in [-0.4, -0.2) is 41.5 Å². The van der Waals surface area contributed by atoms with E-state index in [0.29, 0.717) is 17.1 Å². The van der Waals surface area contributed by atoms with E-state index in [9.17, 15) is 9.90 Å². The monoisotopic (exact) mass is 255 g/mol. The van der Waals surface area contributed by atoms with Gasteiger partial charge in [-0.25, -0.2) is 0 Å². The minimum atomic E-state index is -0.810. The van der Waals surface area contributed by atoms with Crippen LogP contribution >= 0.6 is 11.6 Å². The number of hydrogen-bond donors (Lipinski definition) is 1. The molecule has 0 aliphatic carbocycles. The fourth-order valence-electron chi connectivity index (χ4n) is 1.73. The number of halogens is 1. The van der Waals surface area contributed by atoms with Crippen molar-refractivity contribution in [2.24, 2.45) is 0 Å². The molecule has 1 aromatic carbocycles. The Morgan fingerprint density at radius 2 is 2.00 bits per heavy atom. The molecule has 0 fully saturated rings. The van der Waals surface area contributed by atoms with Gasteiger partial charge in [0, 0.05) is 12.1 Å². The molecule has 1 rings (SSSR count). The van der Waals surface area contributed by atoms with E-state index in [-0.39, 0.29) is 12.3 Å². The van der Waals surface area contributed by atoms with Crippen molar-refractivity contribution in [3.05, 3.63) is 34.9 Å². The molecular weight excluding hydrogens is 238 g/mol. The molecule has 0 aliphatic heterocycles. The van der Waals surface area contributed by atoms with E-state index in [2.05, 4.69) is 0 Å². The quantitative estimate of drug-likeness (QED) is 0.821. The number of likely N-dealkylation sites (N-methyl/N-ethyl adjacent to an activating group) is 1. The number of nitrogens with zero attached hydrogens (tertiary/aromatic N) is 1. The summed E-state index contributed by atoms with van der Waals surface area (Å²) in [5, 5.41) is 10.1. The molecule has 0 radical (unpaired) electrons. The van der Waals surface area contributed by atoms with Gasteiger partial charge in [-0.2, -0.15) is 0 Å². The Hall–Kier alpha value is -0.900. The van der Waals surface area contributed by atoms with E-state index in [1.807, 2.05) is 0 Å². The second-order valence-corrected chi connectivity index (χ2v) is 5.29. The second-order valence-electron chi connectivity index (χ2n) is 4.89. The predicted octanol–water partition coefficient (Wildman–Crippen LogP) is 2.23. The van der Waals surface area contributed by atoms with Crippen LogP contribution in [0.4, 0.5) is 0 Å². The standard InChI is InChI=1S/C13H18ClNO2/c1-13(2,17)9-15(3)8-12(16)10-6-4-5-7-11(10)14/h4-7,17H,8-9H2,1-3H3. The maximum Gasteiger partial charge on any atom is 0.178 e. The van der Waals surface area contributed by atoms with Gasteiger partial charge in [0.05, 0.1) is 17.2 Å². The molecule has 0 aromatic heterocycles. The molecule has 0 heterocycles. The van der Waals surface area contributed by atoms with Crippen molar-refractivity contribution in [2.75, 3.05) is 20.1 Å². The molecule has 0 saturated carbocycles. The minimum Gasteiger partial charge on any atom is -0.389 e. The Balaban J connectivity index is 2.64. The lowest BCUT2D eigenvalue weighted by Crippen LogP contribution is -2.38. The molecule has 0 aliphatic rings. The number of hydrogen-bond acceptors (Lipinski definition) is 3. The van der Waals surface area contributed by atoms with Gasteiger partial charge in [0.1, 0.15) is 0 Å². The van der Waals surface area contributed by atoms with Gasteiger partial charge in [-0.3, -0.25) is 9.69 Å². The highest BCUT2D eigenvalue weighted by molar-refractivity contribution is 6.34. The van der Waals surface area contributed by atoms with E-state index >= 15 is 0 Å². The van der Waals surface area contributed by atoms with Crippen LogP contribution < -0.4 is 0 Å². The zero-order valence-electron chi connectivity index (χ0n) is 10.4. The summed E-state index contributed by atoms with van der Waals surface area (Å²) in [6.07, 6.45) is 0. The maximum atomic E-state index is 12.0. The van der Waals surface area contributed by atoms with Crippen LogP contribution in [0.1, 0.15) is 24.2 Å². The summed E-state index contributed by atoms with van der Waals surface area (Å²) >= 11 is 5.95. The number of ketones is 1. The Bertz CT molecular complexity index is 399. The molecule has 94 valence electrons. The van der Waals surface area contributed by atoms with Crippen LogP contribution in [-0.2, 0) is 0 Å². The minimum absolute atomic E-state index is 0.0395. The molecule has 4 heteroatoms. The van der Waals surface area contributed by atoms with Crippen molar-refractivity contribution >= 4 is 17.4 Å². The fourth-order valence-corrected chi connectivity index (χ4v) is 1.98. The SMILES string of the molecule is CN(CC(=O)c1ccccc1Cl)CC(C)(C)O. The van der Waals surface area contributed by atoms with Gasteiger partial charge in [0.15, 0.2) is 5.78 Å². The highest BCUT2D eigenvalue weighted by Gasteiger charge is 2.18. The van der Waals surface area contributed by atoms with Crippen molar-refractivity contribution in [1.29, 1.82) is 0 Å².